The molecule has 0 bridgehead atoms. The molecule has 0 amide bonds. The number of fused-ring (bicyclic) bond motifs is 1. The Bertz CT molecular complexity index is 464. The lowest BCUT2D eigenvalue weighted by Gasteiger charge is -2.02. The number of benzene rings is 1. The summed E-state index contributed by atoms with van der Waals surface area (Å²) in [5, 5.41) is 22.5. The fourth-order valence-corrected chi connectivity index (χ4v) is 3.19. The standard InChI is InChI=1S/C10H9BrO2S/c11-3-7-5-14-10-8(13)2-1-6(4-12)9(7)10/h1-2,5,12-13H,3-4H2. The number of aliphatic hydroxyl groups is 1. The first-order valence-corrected chi connectivity index (χ1v) is 6.15. The summed E-state index contributed by atoms with van der Waals surface area (Å²) >= 11 is 4.89. The molecule has 0 aliphatic rings. The number of halogens is 1. The molecule has 14 heavy (non-hydrogen) atoms. The minimum Gasteiger partial charge on any atom is -0.506 e. The highest BCUT2D eigenvalue weighted by atomic mass is 79.9. The number of phenolic OH excluding ortho intramolecular Hbond substituents is 1. The number of rotatable bonds is 2. The molecule has 0 spiro atoms. The molecular weight excluding hydrogens is 264 g/mol. The smallest absolute Gasteiger partial charge is 0.133 e. The molecule has 0 atom stereocenters. The van der Waals surface area contributed by atoms with Gasteiger partial charge in [0.05, 0.1) is 11.3 Å². The fourth-order valence-electron chi connectivity index (χ4n) is 1.50. The summed E-state index contributed by atoms with van der Waals surface area (Å²) in [7, 11) is 0. The molecule has 1 heterocycles. The van der Waals surface area contributed by atoms with Crippen LogP contribution >= 0.6 is 27.3 Å². The second-order valence-corrected chi connectivity index (χ2v) is 4.44. The summed E-state index contributed by atoms with van der Waals surface area (Å²) in [6.45, 7) is 0.00745. The third-order valence-corrected chi connectivity index (χ3v) is 3.83. The van der Waals surface area contributed by atoms with Gasteiger partial charge in [0.2, 0.25) is 0 Å². The lowest BCUT2D eigenvalue weighted by molar-refractivity contribution is 0.283. The zero-order valence-electron chi connectivity index (χ0n) is 7.33. The molecule has 74 valence electrons. The molecule has 1 aromatic heterocycles. The maximum absolute atomic E-state index is 9.61. The van der Waals surface area contributed by atoms with E-state index in [0.717, 1.165) is 26.5 Å². The summed E-state index contributed by atoms with van der Waals surface area (Å²) in [5.41, 5.74) is 1.98. The fraction of sp³-hybridized carbons (Fsp3) is 0.200. The predicted molar refractivity (Wildman–Crippen MR) is 62.0 cm³/mol. The van der Waals surface area contributed by atoms with Crippen LogP contribution in [0.3, 0.4) is 0 Å². The zero-order chi connectivity index (χ0) is 10.1. The summed E-state index contributed by atoms with van der Waals surface area (Å²) in [4.78, 5) is 0. The Morgan fingerprint density at radius 3 is 2.71 bits per heavy atom. The van der Waals surface area contributed by atoms with Crippen LogP contribution in [0.5, 0.6) is 5.75 Å². The molecule has 2 rings (SSSR count). The number of alkyl halides is 1. The molecule has 0 unspecified atom stereocenters. The third kappa shape index (κ3) is 1.43. The molecule has 2 N–H and O–H groups in total. The van der Waals surface area contributed by atoms with Crippen molar-refractivity contribution in [2.45, 2.75) is 11.9 Å². The Kier molecular flexibility index (Phi) is 2.76. The summed E-state index contributed by atoms with van der Waals surface area (Å²) in [5.74, 6) is 0.286. The van der Waals surface area contributed by atoms with Crippen LogP contribution in [0.25, 0.3) is 10.1 Å². The van der Waals surface area contributed by atoms with Crippen molar-refractivity contribution in [3.8, 4) is 5.75 Å². The highest BCUT2D eigenvalue weighted by Gasteiger charge is 2.10. The second kappa shape index (κ2) is 3.88. The highest BCUT2D eigenvalue weighted by Crippen LogP contribution is 2.36. The van der Waals surface area contributed by atoms with Gasteiger partial charge in [-0.3, -0.25) is 0 Å². The molecule has 2 aromatic rings. The molecule has 0 aliphatic heterocycles. The van der Waals surface area contributed by atoms with Gasteiger partial charge in [0.25, 0.3) is 0 Å². The maximum Gasteiger partial charge on any atom is 0.133 e. The second-order valence-electron chi connectivity index (χ2n) is 3.00. The normalized spacial score (nSPS) is 11.0. The highest BCUT2D eigenvalue weighted by molar-refractivity contribution is 9.08. The van der Waals surface area contributed by atoms with E-state index in [1.54, 1.807) is 12.1 Å². The van der Waals surface area contributed by atoms with Crippen LogP contribution in [-0.4, -0.2) is 10.2 Å². The van der Waals surface area contributed by atoms with Crippen molar-refractivity contribution >= 4 is 37.4 Å². The van der Waals surface area contributed by atoms with E-state index in [2.05, 4.69) is 15.9 Å². The lowest BCUT2D eigenvalue weighted by atomic mass is 10.1. The maximum atomic E-state index is 9.61. The van der Waals surface area contributed by atoms with Gasteiger partial charge in [-0.05, 0) is 22.6 Å². The Morgan fingerprint density at radius 2 is 2.07 bits per heavy atom. The van der Waals surface area contributed by atoms with E-state index in [1.165, 1.54) is 11.3 Å². The Hall–Kier alpha value is -0.580. The van der Waals surface area contributed by atoms with E-state index in [1.807, 2.05) is 5.38 Å². The molecule has 1 aromatic carbocycles. The molecule has 0 fully saturated rings. The van der Waals surface area contributed by atoms with Gasteiger partial charge in [-0.1, -0.05) is 22.0 Å². The van der Waals surface area contributed by atoms with Crippen LogP contribution in [0.4, 0.5) is 0 Å². The van der Waals surface area contributed by atoms with Crippen molar-refractivity contribution in [2.24, 2.45) is 0 Å². The number of aromatic hydroxyl groups is 1. The van der Waals surface area contributed by atoms with Gasteiger partial charge in [0.15, 0.2) is 0 Å². The number of phenols is 1. The zero-order valence-corrected chi connectivity index (χ0v) is 9.73. The van der Waals surface area contributed by atoms with E-state index < -0.39 is 0 Å². The van der Waals surface area contributed by atoms with Gasteiger partial charge >= 0.3 is 0 Å². The van der Waals surface area contributed by atoms with Gasteiger partial charge in [0.1, 0.15) is 5.75 Å². The van der Waals surface area contributed by atoms with E-state index in [-0.39, 0.29) is 12.4 Å². The monoisotopic (exact) mass is 272 g/mol. The molecule has 0 radical (unpaired) electrons. The predicted octanol–water partition coefficient (Wildman–Crippen LogP) is 2.99. The topological polar surface area (TPSA) is 40.5 Å². The van der Waals surface area contributed by atoms with Crippen molar-refractivity contribution in [3.63, 3.8) is 0 Å². The number of hydrogen-bond acceptors (Lipinski definition) is 3. The molecular formula is C10H9BrO2S. The molecule has 0 aliphatic carbocycles. The number of aliphatic hydroxyl groups excluding tert-OH is 1. The molecule has 0 saturated heterocycles. The van der Waals surface area contributed by atoms with Gasteiger partial charge in [0, 0.05) is 10.7 Å². The van der Waals surface area contributed by atoms with Gasteiger partial charge in [-0.25, -0.2) is 0 Å². The van der Waals surface area contributed by atoms with E-state index >= 15 is 0 Å². The molecule has 2 nitrogen and oxygen atoms in total. The van der Waals surface area contributed by atoms with Crippen LogP contribution in [-0.2, 0) is 11.9 Å². The SMILES string of the molecule is OCc1ccc(O)c2scc(CBr)c12. The van der Waals surface area contributed by atoms with Gasteiger partial charge in [-0.15, -0.1) is 11.3 Å². The first-order valence-electron chi connectivity index (χ1n) is 4.15. The lowest BCUT2D eigenvalue weighted by Crippen LogP contribution is -1.86. The van der Waals surface area contributed by atoms with Gasteiger partial charge in [-0.2, -0.15) is 0 Å². The summed E-state index contributed by atoms with van der Waals surface area (Å²) in [6, 6.07) is 3.39. The van der Waals surface area contributed by atoms with Crippen molar-refractivity contribution in [2.75, 3.05) is 0 Å². The first kappa shape index (κ1) is 9.96. The number of hydrogen-bond donors (Lipinski definition) is 2. The van der Waals surface area contributed by atoms with Crippen molar-refractivity contribution in [1.29, 1.82) is 0 Å². The largest absolute Gasteiger partial charge is 0.506 e. The van der Waals surface area contributed by atoms with Crippen LogP contribution in [0.15, 0.2) is 17.5 Å². The van der Waals surface area contributed by atoms with E-state index in [4.69, 9.17) is 0 Å². The average molecular weight is 273 g/mol. The Labute approximate surface area is 93.9 Å². The quantitative estimate of drug-likeness (QED) is 0.826. The van der Waals surface area contributed by atoms with Crippen LogP contribution < -0.4 is 0 Å². The first-order chi connectivity index (χ1) is 6.77. The van der Waals surface area contributed by atoms with Crippen LogP contribution in [0.2, 0.25) is 0 Å². The third-order valence-electron chi connectivity index (χ3n) is 2.18. The van der Waals surface area contributed by atoms with Crippen molar-refractivity contribution < 1.29 is 10.2 Å². The Morgan fingerprint density at radius 1 is 1.29 bits per heavy atom. The number of thiophene rings is 1. The van der Waals surface area contributed by atoms with Crippen LogP contribution in [0.1, 0.15) is 11.1 Å². The van der Waals surface area contributed by atoms with Crippen LogP contribution in [0, 0.1) is 0 Å². The van der Waals surface area contributed by atoms with Crippen molar-refractivity contribution in [1.82, 2.24) is 0 Å². The van der Waals surface area contributed by atoms with Gasteiger partial charge < -0.3 is 10.2 Å². The average Bonchev–Trinajstić information content (AvgIpc) is 2.63. The minimum atomic E-state index is 0.00745. The van der Waals surface area contributed by atoms with Crippen molar-refractivity contribution in [3.05, 3.63) is 28.6 Å². The minimum absolute atomic E-state index is 0.00745. The van der Waals surface area contributed by atoms with E-state index in [9.17, 15) is 10.2 Å². The Balaban J connectivity index is 2.82. The molecule has 4 heteroatoms. The summed E-state index contributed by atoms with van der Waals surface area (Å²) in [6.07, 6.45) is 0. The molecule has 0 saturated carbocycles. The van der Waals surface area contributed by atoms with E-state index in [0.29, 0.717) is 0 Å². The summed E-state index contributed by atoms with van der Waals surface area (Å²) < 4.78 is 0.853.